The summed E-state index contributed by atoms with van der Waals surface area (Å²) in [4.78, 5) is 39.6. The number of ether oxygens (including phenoxy) is 1. The molecule has 0 saturated carbocycles. The third-order valence-electron chi connectivity index (χ3n) is 6.94. The number of aliphatic hydroxyl groups is 2. The molecular formula is C25H27FN4O6. The minimum atomic E-state index is -2.48. The summed E-state index contributed by atoms with van der Waals surface area (Å²) in [6, 6.07) is 8.84. The van der Waals surface area contributed by atoms with E-state index in [1.165, 1.54) is 15.9 Å². The molecule has 1 atom stereocenters. The van der Waals surface area contributed by atoms with Gasteiger partial charge in [0.05, 0.1) is 18.8 Å². The second-order valence-electron chi connectivity index (χ2n) is 9.10. The number of halogens is 1. The maximum Gasteiger partial charge on any atom is 0.256 e. The predicted octanol–water partition coefficient (Wildman–Crippen LogP) is 0.626. The van der Waals surface area contributed by atoms with Gasteiger partial charge in [0, 0.05) is 55.0 Å². The van der Waals surface area contributed by atoms with Crippen molar-refractivity contribution in [3.8, 4) is 0 Å². The minimum absolute atomic E-state index is 0.0297. The molecule has 0 radical (unpaired) electrons. The lowest BCUT2D eigenvalue weighted by molar-refractivity contribution is -0.288. The summed E-state index contributed by atoms with van der Waals surface area (Å²) in [5.41, 5.74) is 1.69. The zero-order valence-electron chi connectivity index (χ0n) is 19.5. The predicted molar refractivity (Wildman–Crippen MR) is 125 cm³/mol. The average molecular weight is 499 g/mol. The van der Waals surface area contributed by atoms with Crippen LogP contribution in [0.3, 0.4) is 0 Å². The van der Waals surface area contributed by atoms with Crippen molar-refractivity contribution < 1.29 is 33.7 Å². The Morgan fingerprint density at radius 2 is 1.86 bits per heavy atom. The van der Waals surface area contributed by atoms with Gasteiger partial charge in [0.1, 0.15) is 11.9 Å². The first kappa shape index (κ1) is 24.3. The number of nitrogens with one attached hydrogen (secondary N) is 2. The summed E-state index contributed by atoms with van der Waals surface area (Å²) >= 11 is 0. The van der Waals surface area contributed by atoms with Crippen molar-refractivity contribution in [3.05, 3.63) is 64.5 Å². The molecule has 0 aromatic heterocycles. The van der Waals surface area contributed by atoms with E-state index in [1.807, 2.05) is 0 Å². The van der Waals surface area contributed by atoms with Gasteiger partial charge in [0.25, 0.3) is 11.8 Å². The van der Waals surface area contributed by atoms with E-state index in [1.54, 1.807) is 30.3 Å². The van der Waals surface area contributed by atoms with E-state index >= 15 is 4.39 Å². The number of rotatable bonds is 6. The Labute approximate surface area is 206 Å². The first-order valence-electron chi connectivity index (χ1n) is 11.8. The number of carbonyl (C=O) groups is 3. The van der Waals surface area contributed by atoms with E-state index in [0.29, 0.717) is 30.0 Å². The van der Waals surface area contributed by atoms with E-state index in [9.17, 15) is 24.6 Å². The van der Waals surface area contributed by atoms with Crippen LogP contribution in [0.4, 0.5) is 10.1 Å². The molecule has 0 spiro atoms. The molecule has 0 aliphatic carbocycles. The normalized spacial score (nSPS) is 20.9. The quantitative estimate of drug-likeness (QED) is 0.337. The molecule has 0 bridgehead atoms. The molecule has 4 N–H and O–H groups in total. The smallest absolute Gasteiger partial charge is 0.256 e. The van der Waals surface area contributed by atoms with Crippen molar-refractivity contribution in [2.24, 2.45) is 0 Å². The molecule has 3 heterocycles. The standard InChI is InChI=1S/C25H27FN4O6/c26-22-15(3-1-5-18(22)25(34,35)29-9-11-36-12-10-29)13-27-19-6-2-4-16-17(19)14-30(24(16)33)20-7-8-21(31)28-23(20)32/h1-6,20,27,34-35H,7-14H2,(H,28,31,32). The van der Waals surface area contributed by atoms with Crippen LogP contribution >= 0.6 is 0 Å². The molecule has 36 heavy (non-hydrogen) atoms. The number of benzene rings is 2. The monoisotopic (exact) mass is 498 g/mol. The summed E-state index contributed by atoms with van der Waals surface area (Å²) in [5.74, 6) is -4.36. The first-order chi connectivity index (χ1) is 17.3. The zero-order valence-corrected chi connectivity index (χ0v) is 19.5. The van der Waals surface area contributed by atoms with Gasteiger partial charge in [-0.2, -0.15) is 0 Å². The summed E-state index contributed by atoms with van der Waals surface area (Å²) in [6.07, 6.45) is 0.428. The number of morpholine rings is 1. The van der Waals surface area contributed by atoms with Crippen molar-refractivity contribution >= 4 is 23.4 Å². The minimum Gasteiger partial charge on any atom is -0.381 e. The fraction of sp³-hybridized carbons (Fsp3) is 0.400. The van der Waals surface area contributed by atoms with Crippen LogP contribution < -0.4 is 10.6 Å². The third-order valence-corrected chi connectivity index (χ3v) is 6.94. The third kappa shape index (κ3) is 4.35. The Morgan fingerprint density at radius 3 is 2.61 bits per heavy atom. The highest BCUT2D eigenvalue weighted by Gasteiger charge is 2.40. The highest BCUT2D eigenvalue weighted by atomic mass is 19.1. The summed E-state index contributed by atoms with van der Waals surface area (Å²) < 4.78 is 20.6. The number of carbonyl (C=O) groups excluding carboxylic acids is 3. The van der Waals surface area contributed by atoms with Crippen LogP contribution in [0.5, 0.6) is 0 Å². The van der Waals surface area contributed by atoms with Gasteiger partial charge in [-0.3, -0.25) is 19.7 Å². The second kappa shape index (κ2) is 9.58. The maximum absolute atomic E-state index is 15.4. The van der Waals surface area contributed by atoms with Crippen LogP contribution in [-0.2, 0) is 33.3 Å². The Kier molecular flexibility index (Phi) is 6.47. The number of imide groups is 1. The number of amides is 3. The van der Waals surface area contributed by atoms with Crippen molar-refractivity contribution in [2.75, 3.05) is 31.6 Å². The van der Waals surface area contributed by atoms with E-state index in [0.717, 1.165) is 0 Å². The molecule has 10 nitrogen and oxygen atoms in total. The first-order valence-corrected chi connectivity index (χ1v) is 11.8. The van der Waals surface area contributed by atoms with E-state index in [-0.39, 0.29) is 62.0 Å². The molecule has 2 aromatic rings. The Morgan fingerprint density at radius 1 is 1.11 bits per heavy atom. The molecule has 2 saturated heterocycles. The second-order valence-corrected chi connectivity index (χ2v) is 9.10. The molecular weight excluding hydrogens is 471 g/mol. The van der Waals surface area contributed by atoms with Crippen LogP contribution in [-0.4, -0.2) is 70.1 Å². The maximum atomic E-state index is 15.4. The van der Waals surface area contributed by atoms with Gasteiger partial charge in [-0.1, -0.05) is 18.2 Å². The molecule has 2 fully saturated rings. The molecule has 5 rings (SSSR count). The van der Waals surface area contributed by atoms with Gasteiger partial charge in [-0.25, -0.2) is 9.29 Å². The van der Waals surface area contributed by atoms with Gasteiger partial charge in [-0.05, 0) is 24.6 Å². The Balaban J connectivity index is 1.34. The molecule has 3 amide bonds. The lowest BCUT2D eigenvalue weighted by Crippen LogP contribution is -2.52. The lowest BCUT2D eigenvalue weighted by Gasteiger charge is -2.37. The fourth-order valence-electron chi connectivity index (χ4n) is 4.96. The lowest BCUT2D eigenvalue weighted by atomic mass is 10.0. The highest BCUT2D eigenvalue weighted by molar-refractivity contribution is 6.06. The van der Waals surface area contributed by atoms with E-state index in [4.69, 9.17) is 4.74 Å². The molecule has 3 aliphatic heterocycles. The van der Waals surface area contributed by atoms with Crippen LogP contribution in [0, 0.1) is 5.82 Å². The fourth-order valence-corrected chi connectivity index (χ4v) is 4.96. The molecule has 190 valence electrons. The average Bonchev–Trinajstić information content (AvgIpc) is 3.20. The summed E-state index contributed by atoms with van der Waals surface area (Å²) in [6.45, 7) is 1.35. The van der Waals surface area contributed by atoms with E-state index < -0.39 is 23.7 Å². The number of hydrogen-bond acceptors (Lipinski definition) is 8. The van der Waals surface area contributed by atoms with E-state index in [2.05, 4.69) is 10.6 Å². The Bertz CT molecular complexity index is 1210. The largest absolute Gasteiger partial charge is 0.381 e. The van der Waals surface area contributed by atoms with Crippen LogP contribution in [0.1, 0.15) is 39.9 Å². The number of hydrogen-bond donors (Lipinski definition) is 4. The van der Waals surface area contributed by atoms with Gasteiger partial charge >= 0.3 is 0 Å². The van der Waals surface area contributed by atoms with Crippen molar-refractivity contribution in [2.45, 2.75) is 37.9 Å². The van der Waals surface area contributed by atoms with Crippen LogP contribution in [0.15, 0.2) is 36.4 Å². The topological polar surface area (TPSA) is 131 Å². The molecule has 11 heteroatoms. The SMILES string of the molecule is O=C1CCC(N2Cc3c(NCc4cccc(C(O)(O)N5CCOCC5)c4F)cccc3C2=O)C(=O)N1. The van der Waals surface area contributed by atoms with Gasteiger partial charge in [0.15, 0.2) is 0 Å². The van der Waals surface area contributed by atoms with Crippen LogP contribution in [0.25, 0.3) is 0 Å². The Hall–Kier alpha value is -3.38. The number of piperidine rings is 1. The summed E-state index contributed by atoms with van der Waals surface area (Å²) in [7, 11) is 0. The zero-order chi connectivity index (χ0) is 25.4. The van der Waals surface area contributed by atoms with Gasteiger partial charge in [-0.15, -0.1) is 0 Å². The van der Waals surface area contributed by atoms with Crippen molar-refractivity contribution in [1.82, 2.24) is 15.1 Å². The molecule has 2 aromatic carbocycles. The summed E-state index contributed by atoms with van der Waals surface area (Å²) in [5, 5.41) is 26.9. The van der Waals surface area contributed by atoms with Crippen molar-refractivity contribution in [3.63, 3.8) is 0 Å². The number of fused-ring (bicyclic) bond motifs is 1. The highest BCUT2D eigenvalue weighted by Crippen LogP contribution is 2.33. The van der Waals surface area contributed by atoms with Gasteiger partial charge in [0.2, 0.25) is 11.8 Å². The van der Waals surface area contributed by atoms with Gasteiger partial charge < -0.3 is 25.2 Å². The van der Waals surface area contributed by atoms with Crippen LogP contribution in [0.2, 0.25) is 0 Å². The van der Waals surface area contributed by atoms with Crippen molar-refractivity contribution in [1.29, 1.82) is 0 Å². The number of anilines is 1. The number of nitrogens with zero attached hydrogens (tertiary/aromatic N) is 2. The molecule has 3 aliphatic rings. The molecule has 1 unspecified atom stereocenters.